The van der Waals surface area contributed by atoms with E-state index >= 15 is 0 Å². The summed E-state index contributed by atoms with van der Waals surface area (Å²) in [4.78, 5) is 16.3. The number of nitriles is 1. The number of hydrogen-bond donors (Lipinski definition) is 1. The average Bonchev–Trinajstić information content (AvgIpc) is 2.97. The molecular formula is C17H11F3N4O. The number of rotatable bonds is 3. The van der Waals surface area contributed by atoms with Crippen LogP contribution in [-0.4, -0.2) is 15.5 Å². The smallest absolute Gasteiger partial charge is 0.325 e. The van der Waals surface area contributed by atoms with E-state index in [0.717, 1.165) is 12.1 Å². The van der Waals surface area contributed by atoms with E-state index in [1.54, 1.807) is 18.2 Å². The fraction of sp³-hybridized carbons (Fsp3) is 0.118. The molecule has 0 aliphatic heterocycles. The molecular weight excluding hydrogens is 333 g/mol. The monoisotopic (exact) mass is 344 g/mol. The lowest BCUT2D eigenvalue weighted by Gasteiger charge is -2.10. The number of halogens is 3. The number of para-hydroxylation sites is 1. The van der Waals surface area contributed by atoms with Crippen molar-refractivity contribution in [3.8, 4) is 6.07 Å². The Labute approximate surface area is 140 Å². The van der Waals surface area contributed by atoms with Gasteiger partial charge in [0.1, 0.15) is 12.6 Å². The summed E-state index contributed by atoms with van der Waals surface area (Å²) in [6.45, 7) is -0.175. The maximum absolute atomic E-state index is 12.7. The van der Waals surface area contributed by atoms with Gasteiger partial charge in [-0.25, -0.2) is 4.98 Å². The number of anilines is 1. The zero-order valence-electron chi connectivity index (χ0n) is 12.7. The summed E-state index contributed by atoms with van der Waals surface area (Å²) >= 11 is 0. The predicted octanol–water partition coefficient (Wildman–Crippen LogP) is 3.57. The van der Waals surface area contributed by atoms with E-state index in [9.17, 15) is 18.0 Å². The van der Waals surface area contributed by atoms with E-state index in [4.69, 9.17) is 5.26 Å². The number of carbonyl (C=O) groups is 1. The molecule has 0 saturated carbocycles. The molecule has 126 valence electrons. The summed E-state index contributed by atoms with van der Waals surface area (Å²) < 4.78 is 39.6. The zero-order chi connectivity index (χ0) is 18.0. The Hall–Kier alpha value is -3.34. The molecule has 0 fully saturated rings. The largest absolute Gasteiger partial charge is 0.416 e. The minimum atomic E-state index is -4.48. The molecule has 0 spiro atoms. The SMILES string of the molecule is N#Cc1cccc2ncn(CC(=O)Nc3cccc(C(F)(F)F)c3)c12. The molecule has 1 heterocycles. The molecule has 25 heavy (non-hydrogen) atoms. The van der Waals surface area contributed by atoms with E-state index in [1.165, 1.54) is 23.0 Å². The van der Waals surface area contributed by atoms with Crippen molar-refractivity contribution < 1.29 is 18.0 Å². The first-order valence-electron chi connectivity index (χ1n) is 7.19. The molecule has 2 aromatic carbocycles. The third kappa shape index (κ3) is 3.45. The van der Waals surface area contributed by atoms with Gasteiger partial charge in [-0.2, -0.15) is 18.4 Å². The van der Waals surface area contributed by atoms with Crippen LogP contribution in [0.3, 0.4) is 0 Å². The maximum Gasteiger partial charge on any atom is 0.416 e. The Balaban J connectivity index is 1.81. The van der Waals surface area contributed by atoms with Gasteiger partial charge in [0.05, 0.1) is 28.5 Å². The lowest BCUT2D eigenvalue weighted by molar-refractivity contribution is -0.137. The molecule has 1 N–H and O–H groups in total. The van der Waals surface area contributed by atoms with Crippen molar-refractivity contribution in [3.05, 3.63) is 59.9 Å². The zero-order valence-corrected chi connectivity index (χ0v) is 12.7. The first kappa shape index (κ1) is 16.5. The summed E-state index contributed by atoms with van der Waals surface area (Å²) in [5.74, 6) is -0.522. The molecule has 0 saturated heterocycles. The van der Waals surface area contributed by atoms with Crippen LogP contribution in [0.2, 0.25) is 0 Å². The van der Waals surface area contributed by atoms with Crippen LogP contribution in [0.1, 0.15) is 11.1 Å². The minimum absolute atomic E-state index is 0.0461. The number of aromatic nitrogens is 2. The summed E-state index contributed by atoms with van der Waals surface area (Å²) in [6.07, 6.45) is -3.07. The van der Waals surface area contributed by atoms with E-state index < -0.39 is 17.6 Å². The van der Waals surface area contributed by atoms with Gasteiger partial charge in [-0.15, -0.1) is 0 Å². The van der Waals surface area contributed by atoms with E-state index in [0.29, 0.717) is 16.6 Å². The second-order valence-corrected chi connectivity index (χ2v) is 5.28. The maximum atomic E-state index is 12.7. The van der Waals surface area contributed by atoms with Crippen LogP contribution in [-0.2, 0) is 17.5 Å². The van der Waals surface area contributed by atoms with E-state index in [2.05, 4.69) is 10.3 Å². The average molecular weight is 344 g/mol. The molecule has 0 aliphatic carbocycles. The number of fused-ring (bicyclic) bond motifs is 1. The van der Waals surface area contributed by atoms with Gasteiger partial charge in [0.25, 0.3) is 0 Å². The Morgan fingerprint density at radius 1 is 1.24 bits per heavy atom. The molecule has 0 unspecified atom stereocenters. The summed E-state index contributed by atoms with van der Waals surface area (Å²) in [6, 6.07) is 11.4. The van der Waals surface area contributed by atoms with E-state index in [-0.39, 0.29) is 12.2 Å². The molecule has 0 radical (unpaired) electrons. The number of hydrogen-bond acceptors (Lipinski definition) is 3. The Morgan fingerprint density at radius 2 is 2.00 bits per heavy atom. The highest BCUT2D eigenvalue weighted by molar-refractivity contribution is 5.92. The summed E-state index contributed by atoms with van der Waals surface area (Å²) in [5, 5.41) is 11.6. The van der Waals surface area contributed by atoms with Crippen molar-refractivity contribution in [2.45, 2.75) is 12.7 Å². The molecule has 3 aromatic rings. The van der Waals surface area contributed by atoms with Gasteiger partial charge >= 0.3 is 6.18 Å². The molecule has 0 aliphatic rings. The van der Waals surface area contributed by atoms with Gasteiger partial charge < -0.3 is 9.88 Å². The molecule has 0 atom stereocenters. The lowest BCUT2D eigenvalue weighted by atomic mass is 10.2. The van der Waals surface area contributed by atoms with Crippen molar-refractivity contribution in [1.29, 1.82) is 5.26 Å². The molecule has 3 rings (SSSR count). The normalized spacial score (nSPS) is 11.3. The van der Waals surface area contributed by atoms with Crippen molar-refractivity contribution in [3.63, 3.8) is 0 Å². The second-order valence-electron chi connectivity index (χ2n) is 5.28. The number of carbonyl (C=O) groups excluding carboxylic acids is 1. The first-order chi connectivity index (χ1) is 11.9. The van der Waals surface area contributed by atoms with Gasteiger partial charge in [0.2, 0.25) is 5.91 Å². The van der Waals surface area contributed by atoms with Crippen LogP contribution in [0.15, 0.2) is 48.8 Å². The molecule has 5 nitrogen and oxygen atoms in total. The standard InChI is InChI=1S/C17H11F3N4O/c18-17(19,20)12-4-2-5-13(7-12)23-15(25)9-24-10-22-14-6-1-3-11(8-21)16(14)24/h1-7,10H,9H2,(H,23,25). The fourth-order valence-corrected chi connectivity index (χ4v) is 2.47. The minimum Gasteiger partial charge on any atom is -0.325 e. The van der Waals surface area contributed by atoms with Gasteiger partial charge in [0, 0.05) is 5.69 Å². The second kappa shape index (κ2) is 6.28. The Bertz CT molecular complexity index is 985. The number of imidazole rings is 1. The van der Waals surface area contributed by atoms with Crippen LogP contribution in [0.25, 0.3) is 11.0 Å². The molecule has 1 amide bonds. The van der Waals surface area contributed by atoms with Gasteiger partial charge in [0.15, 0.2) is 0 Å². The lowest BCUT2D eigenvalue weighted by Crippen LogP contribution is -2.19. The van der Waals surface area contributed by atoms with Crippen LogP contribution in [0.4, 0.5) is 18.9 Å². The highest BCUT2D eigenvalue weighted by Gasteiger charge is 2.30. The predicted molar refractivity (Wildman–Crippen MR) is 84.5 cm³/mol. The van der Waals surface area contributed by atoms with Crippen LogP contribution >= 0.6 is 0 Å². The quantitative estimate of drug-likeness (QED) is 0.790. The van der Waals surface area contributed by atoms with Gasteiger partial charge in [-0.1, -0.05) is 12.1 Å². The third-order valence-electron chi connectivity index (χ3n) is 3.55. The van der Waals surface area contributed by atoms with Crippen LogP contribution in [0, 0.1) is 11.3 Å². The third-order valence-corrected chi connectivity index (χ3v) is 3.55. The van der Waals surface area contributed by atoms with Crippen molar-refractivity contribution in [1.82, 2.24) is 9.55 Å². The van der Waals surface area contributed by atoms with Crippen molar-refractivity contribution in [2.24, 2.45) is 0 Å². The van der Waals surface area contributed by atoms with Crippen molar-refractivity contribution >= 4 is 22.6 Å². The number of amides is 1. The fourth-order valence-electron chi connectivity index (χ4n) is 2.47. The van der Waals surface area contributed by atoms with Crippen LogP contribution in [0.5, 0.6) is 0 Å². The summed E-state index contributed by atoms with van der Waals surface area (Å²) in [7, 11) is 0. The first-order valence-corrected chi connectivity index (χ1v) is 7.19. The van der Waals surface area contributed by atoms with Crippen molar-refractivity contribution in [2.75, 3.05) is 5.32 Å². The number of nitrogens with zero attached hydrogens (tertiary/aromatic N) is 3. The Kier molecular flexibility index (Phi) is 4.15. The number of nitrogens with one attached hydrogen (secondary N) is 1. The molecule has 8 heteroatoms. The van der Waals surface area contributed by atoms with Crippen LogP contribution < -0.4 is 5.32 Å². The van der Waals surface area contributed by atoms with Gasteiger partial charge in [-0.3, -0.25) is 4.79 Å². The Morgan fingerprint density at radius 3 is 2.72 bits per heavy atom. The summed E-state index contributed by atoms with van der Waals surface area (Å²) in [5.41, 5.74) is 0.631. The van der Waals surface area contributed by atoms with E-state index in [1.807, 2.05) is 6.07 Å². The highest BCUT2D eigenvalue weighted by Crippen LogP contribution is 2.30. The van der Waals surface area contributed by atoms with Gasteiger partial charge in [-0.05, 0) is 30.3 Å². The topological polar surface area (TPSA) is 70.7 Å². The number of alkyl halides is 3. The molecule has 0 bridgehead atoms. The highest BCUT2D eigenvalue weighted by atomic mass is 19.4. The molecule has 1 aromatic heterocycles. The number of benzene rings is 2.